The van der Waals surface area contributed by atoms with Crippen LogP contribution in [0.15, 0.2) is 12.1 Å². The van der Waals surface area contributed by atoms with Crippen molar-refractivity contribution in [2.45, 2.75) is 33.1 Å². The molecule has 0 aliphatic heterocycles. The number of pyridine rings is 1. The maximum Gasteiger partial charge on any atom is 0.137 e. The lowest BCUT2D eigenvalue weighted by molar-refractivity contribution is 0.488. The van der Waals surface area contributed by atoms with Crippen molar-refractivity contribution in [3.63, 3.8) is 0 Å². The smallest absolute Gasteiger partial charge is 0.137 e. The molecular formula is C13H17N3. The van der Waals surface area contributed by atoms with Crippen LogP contribution >= 0.6 is 0 Å². The molecule has 2 aromatic rings. The van der Waals surface area contributed by atoms with E-state index in [4.69, 9.17) is 10.7 Å². The van der Waals surface area contributed by atoms with Crippen LogP contribution in [0.3, 0.4) is 0 Å². The second kappa shape index (κ2) is 3.24. The van der Waals surface area contributed by atoms with Crippen molar-refractivity contribution in [1.29, 1.82) is 0 Å². The third kappa shape index (κ3) is 1.24. The van der Waals surface area contributed by atoms with Gasteiger partial charge in [-0.25, -0.2) is 4.98 Å². The van der Waals surface area contributed by atoms with E-state index in [9.17, 15) is 0 Å². The zero-order chi connectivity index (χ0) is 11.3. The molecule has 0 radical (unpaired) electrons. The van der Waals surface area contributed by atoms with E-state index in [-0.39, 0.29) is 0 Å². The van der Waals surface area contributed by atoms with E-state index < -0.39 is 0 Å². The number of anilines is 1. The average molecular weight is 215 g/mol. The fourth-order valence-electron chi connectivity index (χ4n) is 2.64. The summed E-state index contributed by atoms with van der Waals surface area (Å²) in [5.74, 6) is 0.758. The largest absolute Gasteiger partial charge is 0.397 e. The molecule has 3 nitrogen and oxygen atoms in total. The van der Waals surface area contributed by atoms with Gasteiger partial charge >= 0.3 is 0 Å². The highest BCUT2D eigenvalue weighted by molar-refractivity contribution is 5.55. The second-order valence-electron chi connectivity index (χ2n) is 4.92. The summed E-state index contributed by atoms with van der Waals surface area (Å²) >= 11 is 0. The van der Waals surface area contributed by atoms with Gasteiger partial charge in [-0.2, -0.15) is 0 Å². The van der Waals surface area contributed by atoms with Crippen molar-refractivity contribution >= 4 is 11.3 Å². The van der Waals surface area contributed by atoms with Crippen molar-refractivity contribution in [2.75, 3.05) is 5.73 Å². The van der Waals surface area contributed by atoms with E-state index >= 15 is 0 Å². The molecular weight excluding hydrogens is 198 g/mol. The topological polar surface area (TPSA) is 43.3 Å². The lowest BCUT2D eigenvalue weighted by atomic mass is 9.91. The molecule has 16 heavy (non-hydrogen) atoms. The van der Waals surface area contributed by atoms with E-state index in [1.807, 2.05) is 12.1 Å². The second-order valence-corrected chi connectivity index (χ2v) is 4.92. The molecule has 2 aromatic heterocycles. The molecule has 1 unspecified atom stereocenters. The lowest BCUT2D eigenvalue weighted by Crippen LogP contribution is -2.13. The Hall–Kier alpha value is -1.51. The Balaban J connectivity index is 2.32. The molecule has 3 rings (SSSR count). The summed E-state index contributed by atoms with van der Waals surface area (Å²) in [6, 6.07) is 3.97. The van der Waals surface area contributed by atoms with Crippen LogP contribution < -0.4 is 5.73 Å². The van der Waals surface area contributed by atoms with Crippen molar-refractivity contribution in [3.8, 4) is 0 Å². The number of imidazole rings is 1. The first-order valence-corrected chi connectivity index (χ1v) is 5.92. The van der Waals surface area contributed by atoms with E-state index in [2.05, 4.69) is 18.2 Å². The van der Waals surface area contributed by atoms with Crippen molar-refractivity contribution < 1.29 is 0 Å². The summed E-state index contributed by atoms with van der Waals surface area (Å²) in [7, 11) is 0. The first kappa shape index (κ1) is 9.70. The summed E-state index contributed by atoms with van der Waals surface area (Å²) in [5.41, 5.74) is 11.6. The molecule has 0 aromatic carbocycles. The number of nitrogens with zero attached hydrogens (tertiary/aromatic N) is 2. The third-order valence-electron chi connectivity index (χ3n) is 3.66. The Bertz CT molecular complexity index is 554. The standard InChI is InChI=1S/C13H17N3/c1-8-3-5-11-12(7-8)16-9(2)10(14)4-6-13(16)15-11/h4,6,8H,3,5,7,14H2,1-2H3. The molecule has 0 bridgehead atoms. The minimum atomic E-state index is 0.758. The highest BCUT2D eigenvalue weighted by atomic mass is 15.0. The van der Waals surface area contributed by atoms with Crippen LogP contribution in [0.4, 0.5) is 5.69 Å². The van der Waals surface area contributed by atoms with E-state index in [1.165, 1.54) is 17.8 Å². The molecule has 2 heterocycles. The third-order valence-corrected chi connectivity index (χ3v) is 3.66. The van der Waals surface area contributed by atoms with Crippen LogP contribution in [0.2, 0.25) is 0 Å². The number of nitrogen functional groups attached to an aromatic ring is 1. The Labute approximate surface area is 95.3 Å². The lowest BCUT2D eigenvalue weighted by Gasteiger charge is -2.18. The van der Waals surface area contributed by atoms with Gasteiger partial charge in [0.1, 0.15) is 5.65 Å². The predicted molar refractivity (Wildman–Crippen MR) is 65.5 cm³/mol. The van der Waals surface area contributed by atoms with Crippen LogP contribution in [-0.4, -0.2) is 9.38 Å². The Kier molecular flexibility index (Phi) is 1.96. The van der Waals surface area contributed by atoms with Gasteiger partial charge in [0, 0.05) is 11.4 Å². The van der Waals surface area contributed by atoms with Crippen LogP contribution in [0.5, 0.6) is 0 Å². The first-order chi connectivity index (χ1) is 7.66. The maximum atomic E-state index is 5.96. The molecule has 84 valence electrons. The molecule has 0 saturated carbocycles. The summed E-state index contributed by atoms with van der Waals surface area (Å²) in [5, 5.41) is 0. The molecule has 0 amide bonds. The van der Waals surface area contributed by atoms with Crippen molar-refractivity contribution in [2.24, 2.45) is 5.92 Å². The van der Waals surface area contributed by atoms with Gasteiger partial charge in [0.15, 0.2) is 0 Å². The number of hydrogen-bond donors (Lipinski definition) is 1. The fraction of sp³-hybridized carbons (Fsp3) is 0.462. The highest BCUT2D eigenvalue weighted by Crippen LogP contribution is 2.28. The van der Waals surface area contributed by atoms with Gasteiger partial charge in [-0.05, 0) is 44.2 Å². The van der Waals surface area contributed by atoms with Crippen LogP contribution in [0, 0.1) is 12.8 Å². The molecule has 0 spiro atoms. The van der Waals surface area contributed by atoms with Crippen LogP contribution in [0.25, 0.3) is 5.65 Å². The normalized spacial score (nSPS) is 20.0. The van der Waals surface area contributed by atoms with Gasteiger partial charge in [0.05, 0.1) is 11.4 Å². The highest BCUT2D eigenvalue weighted by Gasteiger charge is 2.21. The summed E-state index contributed by atoms with van der Waals surface area (Å²) < 4.78 is 2.24. The number of aryl methyl sites for hydroxylation is 2. The minimum absolute atomic E-state index is 0.758. The van der Waals surface area contributed by atoms with E-state index in [0.717, 1.165) is 35.8 Å². The fourth-order valence-corrected chi connectivity index (χ4v) is 2.64. The molecule has 0 fully saturated rings. The minimum Gasteiger partial charge on any atom is -0.397 e. The quantitative estimate of drug-likeness (QED) is 0.733. The van der Waals surface area contributed by atoms with Crippen molar-refractivity contribution in [1.82, 2.24) is 9.38 Å². The number of aromatic nitrogens is 2. The molecule has 1 aliphatic carbocycles. The van der Waals surface area contributed by atoms with Gasteiger partial charge in [0.25, 0.3) is 0 Å². The van der Waals surface area contributed by atoms with Gasteiger partial charge in [0.2, 0.25) is 0 Å². The zero-order valence-electron chi connectivity index (χ0n) is 9.83. The number of rotatable bonds is 0. The molecule has 1 atom stereocenters. The summed E-state index contributed by atoms with van der Waals surface area (Å²) in [6.45, 7) is 4.38. The van der Waals surface area contributed by atoms with Crippen LogP contribution in [-0.2, 0) is 12.8 Å². The Morgan fingerprint density at radius 3 is 3.06 bits per heavy atom. The summed E-state index contributed by atoms with van der Waals surface area (Å²) in [6.07, 6.45) is 3.49. The average Bonchev–Trinajstić information content (AvgIpc) is 2.62. The predicted octanol–water partition coefficient (Wildman–Crippen LogP) is 2.35. The van der Waals surface area contributed by atoms with E-state index in [1.54, 1.807) is 0 Å². The van der Waals surface area contributed by atoms with Crippen LogP contribution in [0.1, 0.15) is 30.4 Å². The van der Waals surface area contributed by atoms with Gasteiger partial charge in [-0.1, -0.05) is 6.92 Å². The Morgan fingerprint density at radius 1 is 1.44 bits per heavy atom. The maximum absolute atomic E-state index is 5.96. The van der Waals surface area contributed by atoms with Gasteiger partial charge < -0.3 is 5.73 Å². The monoisotopic (exact) mass is 215 g/mol. The van der Waals surface area contributed by atoms with Crippen molar-refractivity contribution in [3.05, 3.63) is 29.2 Å². The number of fused-ring (bicyclic) bond motifs is 3. The van der Waals surface area contributed by atoms with Gasteiger partial charge in [-0.3, -0.25) is 4.40 Å². The number of nitrogens with two attached hydrogens (primary N) is 1. The number of hydrogen-bond acceptors (Lipinski definition) is 2. The molecule has 1 aliphatic rings. The molecule has 2 N–H and O–H groups in total. The zero-order valence-corrected chi connectivity index (χ0v) is 9.83. The first-order valence-electron chi connectivity index (χ1n) is 5.92. The van der Waals surface area contributed by atoms with Gasteiger partial charge in [-0.15, -0.1) is 0 Å². The Morgan fingerprint density at radius 2 is 2.25 bits per heavy atom. The summed E-state index contributed by atoms with van der Waals surface area (Å²) in [4.78, 5) is 4.70. The molecule has 3 heteroatoms. The van der Waals surface area contributed by atoms with E-state index in [0.29, 0.717) is 0 Å². The SMILES string of the molecule is Cc1c(N)ccc2nc3c(n12)CC(C)CC3. The molecule has 0 saturated heterocycles.